The molecule has 0 aliphatic heterocycles. The van der Waals surface area contributed by atoms with E-state index in [0.717, 1.165) is 0 Å². The smallest absolute Gasteiger partial charge is 0.196 e. The Morgan fingerprint density at radius 2 is 1.92 bits per heavy atom. The van der Waals surface area contributed by atoms with Crippen molar-refractivity contribution >= 4 is 23.2 Å². The van der Waals surface area contributed by atoms with Gasteiger partial charge in [0.2, 0.25) is 0 Å². The van der Waals surface area contributed by atoms with E-state index in [-0.39, 0.29) is 5.02 Å². The predicted octanol–water partition coefficient (Wildman–Crippen LogP) is 3.61. The van der Waals surface area contributed by atoms with Crippen LogP contribution in [0.25, 0.3) is 0 Å². The maximum absolute atomic E-state index is 11.7. The maximum atomic E-state index is 11.7. The lowest BCUT2D eigenvalue weighted by Crippen LogP contribution is -1.83. The lowest BCUT2D eigenvalue weighted by molar-refractivity contribution is 0.215. The van der Waals surface area contributed by atoms with Crippen molar-refractivity contribution in [2.75, 3.05) is 0 Å². The highest BCUT2D eigenvalue weighted by molar-refractivity contribution is 6.35. The van der Waals surface area contributed by atoms with Crippen LogP contribution in [0.15, 0.2) is 18.2 Å². The Balaban J connectivity index is 2.98. The SMILES string of the molecule is FC(F)C#Cc1ccc(Cl)cc1Cl. The Morgan fingerprint density at radius 3 is 2.46 bits per heavy atom. The largest absolute Gasteiger partial charge is 0.299 e. The molecule has 0 saturated carbocycles. The van der Waals surface area contributed by atoms with Crippen LogP contribution in [0.2, 0.25) is 10.0 Å². The molecule has 0 heterocycles. The first-order valence-electron chi connectivity index (χ1n) is 3.34. The van der Waals surface area contributed by atoms with Gasteiger partial charge in [-0.25, -0.2) is 0 Å². The summed E-state index contributed by atoms with van der Waals surface area (Å²) in [4.78, 5) is 0. The van der Waals surface area contributed by atoms with Gasteiger partial charge in [0.25, 0.3) is 6.43 Å². The fourth-order valence-corrected chi connectivity index (χ4v) is 1.18. The van der Waals surface area contributed by atoms with Crippen LogP contribution in [0.4, 0.5) is 8.78 Å². The number of rotatable bonds is 0. The quantitative estimate of drug-likeness (QED) is 0.587. The van der Waals surface area contributed by atoms with Crippen LogP contribution in [0.3, 0.4) is 0 Å². The summed E-state index contributed by atoms with van der Waals surface area (Å²) in [6, 6.07) is 4.50. The zero-order chi connectivity index (χ0) is 9.84. The van der Waals surface area contributed by atoms with Crippen molar-refractivity contribution in [1.82, 2.24) is 0 Å². The third-order valence-electron chi connectivity index (χ3n) is 1.25. The van der Waals surface area contributed by atoms with Gasteiger partial charge in [0.05, 0.1) is 5.02 Å². The second kappa shape index (κ2) is 4.45. The monoisotopic (exact) mass is 220 g/mol. The van der Waals surface area contributed by atoms with Gasteiger partial charge in [-0.2, -0.15) is 8.78 Å². The summed E-state index contributed by atoms with van der Waals surface area (Å²) >= 11 is 11.3. The van der Waals surface area contributed by atoms with Gasteiger partial charge in [-0.3, -0.25) is 0 Å². The Kier molecular flexibility index (Phi) is 3.53. The average molecular weight is 221 g/mol. The Hall–Kier alpha value is -0.780. The van der Waals surface area contributed by atoms with E-state index in [1.807, 2.05) is 0 Å². The number of halogens is 4. The lowest BCUT2D eigenvalue weighted by atomic mass is 10.2. The van der Waals surface area contributed by atoms with Crippen LogP contribution in [-0.4, -0.2) is 6.43 Å². The molecule has 0 amide bonds. The van der Waals surface area contributed by atoms with Crippen molar-refractivity contribution in [2.24, 2.45) is 0 Å². The molecule has 1 aromatic carbocycles. The highest BCUT2D eigenvalue weighted by atomic mass is 35.5. The molecule has 1 aromatic rings. The first-order valence-corrected chi connectivity index (χ1v) is 4.10. The van der Waals surface area contributed by atoms with Crippen LogP contribution in [0, 0.1) is 11.8 Å². The molecule has 1 rings (SSSR count). The van der Waals surface area contributed by atoms with Gasteiger partial charge in [0, 0.05) is 10.6 Å². The maximum Gasteiger partial charge on any atom is 0.299 e. The van der Waals surface area contributed by atoms with Crippen molar-refractivity contribution in [3.63, 3.8) is 0 Å². The van der Waals surface area contributed by atoms with Crippen molar-refractivity contribution in [3.8, 4) is 11.8 Å². The number of hydrogen-bond acceptors (Lipinski definition) is 0. The molecule has 0 N–H and O–H groups in total. The molecule has 0 radical (unpaired) electrons. The zero-order valence-corrected chi connectivity index (χ0v) is 7.83. The topological polar surface area (TPSA) is 0 Å². The highest BCUT2D eigenvalue weighted by Crippen LogP contribution is 2.19. The van der Waals surface area contributed by atoms with Crippen molar-refractivity contribution < 1.29 is 8.78 Å². The normalized spacial score (nSPS) is 9.62. The summed E-state index contributed by atoms with van der Waals surface area (Å²) < 4.78 is 23.4. The molecular weight excluding hydrogens is 217 g/mol. The minimum absolute atomic E-state index is 0.278. The average Bonchev–Trinajstić information content (AvgIpc) is 2.02. The molecule has 0 spiro atoms. The molecule has 13 heavy (non-hydrogen) atoms. The molecule has 0 nitrogen and oxygen atoms in total. The molecular formula is C9H4Cl2F2. The minimum atomic E-state index is -2.65. The third kappa shape index (κ3) is 3.22. The summed E-state index contributed by atoms with van der Waals surface area (Å²) in [7, 11) is 0. The second-order valence-electron chi connectivity index (χ2n) is 2.19. The molecule has 0 aliphatic carbocycles. The third-order valence-corrected chi connectivity index (χ3v) is 1.79. The molecule has 0 fully saturated rings. The first kappa shape index (κ1) is 10.3. The van der Waals surface area contributed by atoms with Gasteiger partial charge < -0.3 is 0 Å². The molecule has 68 valence electrons. The molecule has 0 unspecified atom stereocenters. The molecule has 0 atom stereocenters. The second-order valence-corrected chi connectivity index (χ2v) is 3.04. The van der Waals surface area contributed by atoms with Gasteiger partial charge in [0.15, 0.2) is 0 Å². The Bertz CT molecular complexity index is 364. The zero-order valence-electron chi connectivity index (χ0n) is 6.32. The van der Waals surface area contributed by atoms with E-state index in [1.165, 1.54) is 12.1 Å². The number of benzene rings is 1. The van der Waals surface area contributed by atoms with Crippen LogP contribution >= 0.6 is 23.2 Å². The van der Waals surface area contributed by atoms with Crippen LogP contribution in [0.1, 0.15) is 5.56 Å². The fourth-order valence-electron chi connectivity index (χ4n) is 0.723. The van der Waals surface area contributed by atoms with E-state index in [9.17, 15) is 8.78 Å². The van der Waals surface area contributed by atoms with E-state index in [2.05, 4.69) is 5.92 Å². The Labute approximate surface area is 84.5 Å². The molecule has 0 bridgehead atoms. The summed E-state index contributed by atoms with van der Waals surface area (Å²) in [5.74, 6) is 3.96. The van der Waals surface area contributed by atoms with Gasteiger partial charge >= 0.3 is 0 Å². The van der Waals surface area contributed by atoms with E-state index >= 15 is 0 Å². The minimum Gasteiger partial charge on any atom is -0.196 e. The van der Waals surface area contributed by atoms with Gasteiger partial charge in [-0.05, 0) is 24.1 Å². The molecule has 4 heteroatoms. The van der Waals surface area contributed by atoms with Crippen LogP contribution in [0.5, 0.6) is 0 Å². The van der Waals surface area contributed by atoms with Crippen LogP contribution in [-0.2, 0) is 0 Å². The Morgan fingerprint density at radius 1 is 1.23 bits per heavy atom. The van der Waals surface area contributed by atoms with E-state index in [1.54, 1.807) is 12.0 Å². The van der Waals surface area contributed by atoms with E-state index < -0.39 is 6.43 Å². The standard InChI is InChI=1S/C9H4Cl2F2/c10-7-3-1-6(8(11)5-7)2-4-9(12)13/h1,3,5,9H. The number of hydrogen-bond donors (Lipinski definition) is 0. The lowest BCUT2D eigenvalue weighted by Gasteiger charge is -1.95. The van der Waals surface area contributed by atoms with E-state index in [4.69, 9.17) is 23.2 Å². The summed E-state index contributed by atoms with van der Waals surface area (Å²) in [5, 5.41) is 0.730. The first-order chi connectivity index (χ1) is 6.09. The molecule has 0 aromatic heterocycles. The summed E-state index contributed by atoms with van der Waals surface area (Å²) in [6.07, 6.45) is -2.65. The van der Waals surface area contributed by atoms with Crippen molar-refractivity contribution in [1.29, 1.82) is 0 Å². The summed E-state index contributed by atoms with van der Waals surface area (Å²) in [5.41, 5.74) is 0.353. The van der Waals surface area contributed by atoms with Gasteiger partial charge in [0.1, 0.15) is 0 Å². The van der Waals surface area contributed by atoms with Crippen molar-refractivity contribution in [3.05, 3.63) is 33.8 Å². The van der Waals surface area contributed by atoms with Crippen LogP contribution < -0.4 is 0 Å². The van der Waals surface area contributed by atoms with Gasteiger partial charge in [-0.1, -0.05) is 29.1 Å². The predicted molar refractivity (Wildman–Crippen MR) is 49.3 cm³/mol. The fraction of sp³-hybridized carbons (Fsp3) is 0.111. The molecule has 0 aliphatic rings. The van der Waals surface area contributed by atoms with Crippen molar-refractivity contribution in [2.45, 2.75) is 6.43 Å². The van der Waals surface area contributed by atoms with Gasteiger partial charge in [-0.15, -0.1) is 0 Å². The number of alkyl halides is 2. The summed E-state index contributed by atoms with van der Waals surface area (Å²) in [6.45, 7) is 0. The molecule has 0 saturated heterocycles. The van der Waals surface area contributed by atoms with E-state index in [0.29, 0.717) is 10.6 Å². The highest BCUT2D eigenvalue weighted by Gasteiger charge is 1.98.